The van der Waals surface area contributed by atoms with Gasteiger partial charge in [-0.3, -0.25) is 19.7 Å². The van der Waals surface area contributed by atoms with Crippen LogP contribution in [0.3, 0.4) is 0 Å². The Morgan fingerprint density at radius 1 is 1.09 bits per heavy atom. The molecule has 172 valence electrons. The number of para-hydroxylation sites is 1. The second-order valence-corrected chi connectivity index (χ2v) is 7.52. The molecule has 9 nitrogen and oxygen atoms in total. The number of hydrogen-bond donors (Lipinski definition) is 1. The van der Waals surface area contributed by atoms with E-state index < -0.39 is 10.8 Å². The van der Waals surface area contributed by atoms with Gasteiger partial charge in [0.15, 0.2) is 0 Å². The first-order valence-corrected chi connectivity index (χ1v) is 10.7. The number of nitrogens with zero attached hydrogens (tertiary/aromatic N) is 3. The number of nitrogens with one attached hydrogen (secondary N) is 1. The fourth-order valence-corrected chi connectivity index (χ4v) is 3.81. The third-order valence-corrected chi connectivity index (χ3v) is 5.36. The summed E-state index contributed by atoms with van der Waals surface area (Å²) in [6.07, 6.45) is 1.76. The van der Waals surface area contributed by atoms with Crippen molar-refractivity contribution in [2.45, 2.75) is 19.4 Å². The van der Waals surface area contributed by atoms with Crippen molar-refractivity contribution in [1.82, 2.24) is 9.55 Å². The van der Waals surface area contributed by atoms with Crippen LogP contribution in [0.4, 0.5) is 11.4 Å². The van der Waals surface area contributed by atoms with Crippen LogP contribution in [0.5, 0.6) is 0 Å². The highest BCUT2D eigenvalue weighted by molar-refractivity contribution is 6.07. The standard InChI is InChI=1S/C25H22N4O5/c1-2-34-24(30)15-22(17-8-4-3-5-9-17)28-16-26-20-13-12-18(14-23(20)28)27-25(31)19-10-6-7-11-21(19)29(32)33/h3-14,16,22H,2,15H2,1H3,(H,27,31). The molecule has 1 heterocycles. The lowest BCUT2D eigenvalue weighted by Gasteiger charge is -2.19. The van der Waals surface area contributed by atoms with Gasteiger partial charge >= 0.3 is 5.97 Å². The number of amides is 1. The van der Waals surface area contributed by atoms with E-state index in [1.165, 1.54) is 18.2 Å². The lowest BCUT2D eigenvalue weighted by Crippen LogP contribution is -2.17. The quantitative estimate of drug-likeness (QED) is 0.232. The number of carbonyl (C=O) groups excluding carboxylic acids is 2. The first kappa shape index (κ1) is 22.7. The van der Waals surface area contributed by atoms with Crippen LogP contribution in [0.2, 0.25) is 0 Å². The summed E-state index contributed by atoms with van der Waals surface area (Å²) >= 11 is 0. The summed E-state index contributed by atoms with van der Waals surface area (Å²) in [6.45, 7) is 2.04. The van der Waals surface area contributed by atoms with E-state index in [9.17, 15) is 19.7 Å². The zero-order valence-corrected chi connectivity index (χ0v) is 18.4. The minimum atomic E-state index is -0.594. The Kier molecular flexibility index (Phi) is 6.63. The SMILES string of the molecule is CCOC(=O)CC(c1ccccc1)n1cnc2ccc(NC(=O)c3ccccc3[N+](=O)[O-])cc21. The van der Waals surface area contributed by atoms with Crippen molar-refractivity contribution in [3.05, 3.63) is 100 Å². The second-order valence-electron chi connectivity index (χ2n) is 7.52. The number of fused-ring (bicyclic) bond motifs is 1. The number of carbonyl (C=O) groups is 2. The fourth-order valence-electron chi connectivity index (χ4n) is 3.81. The summed E-state index contributed by atoms with van der Waals surface area (Å²) in [4.78, 5) is 40.3. The van der Waals surface area contributed by atoms with Crippen LogP contribution in [-0.2, 0) is 9.53 Å². The monoisotopic (exact) mass is 458 g/mol. The van der Waals surface area contributed by atoms with Gasteiger partial charge in [0, 0.05) is 11.8 Å². The van der Waals surface area contributed by atoms with Gasteiger partial charge < -0.3 is 14.6 Å². The van der Waals surface area contributed by atoms with Crippen LogP contribution in [0.25, 0.3) is 11.0 Å². The number of esters is 1. The van der Waals surface area contributed by atoms with Gasteiger partial charge in [0.1, 0.15) is 5.56 Å². The molecular formula is C25H22N4O5. The number of imidazole rings is 1. The predicted octanol–water partition coefficient (Wildman–Crippen LogP) is 4.74. The van der Waals surface area contributed by atoms with Crippen molar-refractivity contribution in [3.8, 4) is 0 Å². The molecule has 0 saturated carbocycles. The van der Waals surface area contributed by atoms with Crippen LogP contribution in [0.15, 0.2) is 79.1 Å². The van der Waals surface area contributed by atoms with E-state index in [1.54, 1.807) is 37.5 Å². The number of nitro benzene ring substituents is 1. The molecule has 0 aliphatic heterocycles. The number of nitro groups is 1. The Labute approximate surface area is 195 Å². The number of ether oxygens (including phenoxy) is 1. The van der Waals surface area contributed by atoms with Gasteiger partial charge in [-0.1, -0.05) is 42.5 Å². The molecule has 1 amide bonds. The minimum absolute atomic E-state index is 0.0365. The molecule has 4 rings (SSSR count). The van der Waals surface area contributed by atoms with E-state index in [-0.39, 0.29) is 36.3 Å². The highest BCUT2D eigenvalue weighted by Crippen LogP contribution is 2.29. The van der Waals surface area contributed by atoms with Gasteiger partial charge in [0.05, 0.1) is 41.4 Å². The van der Waals surface area contributed by atoms with E-state index >= 15 is 0 Å². The average molecular weight is 458 g/mol. The first-order chi connectivity index (χ1) is 16.5. The largest absolute Gasteiger partial charge is 0.466 e. The molecule has 1 N–H and O–H groups in total. The molecule has 0 aliphatic carbocycles. The summed E-state index contributed by atoms with van der Waals surface area (Å²) in [5.74, 6) is -0.928. The summed E-state index contributed by atoms with van der Waals surface area (Å²) < 4.78 is 7.04. The predicted molar refractivity (Wildman–Crippen MR) is 127 cm³/mol. The molecule has 1 atom stereocenters. The fraction of sp³-hybridized carbons (Fsp3) is 0.160. The number of rotatable bonds is 8. The topological polar surface area (TPSA) is 116 Å². The first-order valence-electron chi connectivity index (χ1n) is 10.7. The van der Waals surface area contributed by atoms with Gasteiger partial charge in [-0.05, 0) is 36.8 Å². The molecule has 4 aromatic rings. The van der Waals surface area contributed by atoms with Crippen LogP contribution in [-0.4, -0.2) is 33.0 Å². The summed E-state index contributed by atoms with van der Waals surface area (Å²) in [7, 11) is 0. The molecule has 0 fully saturated rings. The second kappa shape index (κ2) is 9.95. The third kappa shape index (κ3) is 4.78. The normalized spacial score (nSPS) is 11.7. The molecule has 0 spiro atoms. The van der Waals surface area contributed by atoms with E-state index in [4.69, 9.17) is 4.74 Å². The van der Waals surface area contributed by atoms with Gasteiger partial charge in [0.2, 0.25) is 0 Å². The van der Waals surface area contributed by atoms with Gasteiger partial charge in [0.25, 0.3) is 11.6 Å². The maximum Gasteiger partial charge on any atom is 0.308 e. The van der Waals surface area contributed by atoms with E-state index in [1.807, 2.05) is 34.9 Å². The molecule has 1 unspecified atom stereocenters. The minimum Gasteiger partial charge on any atom is -0.466 e. The Bertz CT molecular complexity index is 1350. The van der Waals surface area contributed by atoms with Crippen LogP contribution >= 0.6 is 0 Å². The molecule has 3 aromatic carbocycles. The lowest BCUT2D eigenvalue weighted by atomic mass is 10.0. The average Bonchev–Trinajstić information content (AvgIpc) is 3.26. The Morgan fingerprint density at radius 2 is 1.82 bits per heavy atom. The Balaban J connectivity index is 1.69. The maximum atomic E-state index is 12.8. The van der Waals surface area contributed by atoms with Gasteiger partial charge in [-0.25, -0.2) is 4.98 Å². The lowest BCUT2D eigenvalue weighted by molar-refractivity contribution is -0.385. The van der Waals surface area contributed by atoms with Crippen molar-refractivity contribution < 1.29 is 19.2 Å². The van der Waals surface area contributed by atoms with E-state index in [0.29, 0.717) is 16.7 Å². The Hall–Kier alpha value is -4.53. The molecule has 0 aliphatic rings. The molecular weight excluding hydrogens is 436 g/mol. The summed E-state index contributed by atoms with van der Waals surface area (Å²) in [6, 6.07) is 20.1. The number of hydrogen-bond acceptors (Lipinski definition) is 6. The van der Waals surface area contributed by atoms with Crippen LogP contribution in [0, 0.1) is 10.1 Å². The maximum absolute atomic E-state index is 12.8. The van der Waals surface area contributed by atoms with Gasteiger partial charge in [-0.2, -0.15) is 0 Å². The number of aromatic nitrogens is 2. The van der Waals surface area contributed by atoms with Crippen molar-refractivity contribution in [2.75, 3.05) is 11.9 Å². The van der Waals surface area contributed by atoms with E-state index in [0.717, 1.165) is 5.56 Å². The Morgan fingerprint density at radius 3 is 2.56 bits per heavy atom. The van der Waals surface area contributed by atoms with Crippen LogP contribution < -0.4 is 5.32 Å². The molecule has 0 radical (unpaired) electrons. The molecule has 34 heavy (non-hydrogen) atoms. The zero-order chi connectivity index (χ0) is 24.1. The zero-order valence-electron chi connectivity index (χ0n) is 18.4. The van der Waals surface area contributed by atoms with Crippen molar-refractivity contribution >= 4 is 34.3 Å². The van der Waals surface area contributed by atoms with Crippen LogP contribution in [0.1, 0.15) is 35.3 Å². The molecule has 9 heteroatoms. The highest BCUT2D eigenvalue weighted by atomic mass is 16.6. The summed E-state index contributed by atoms with van der Waals surface area (Å²) in [5.41, 5.74) is 2.41. The third-order valence-electron chi connectivity index (χ3n) is 5.36. The smallest absolute Gasteiger partial charge is 0.308 e. The van der Waals surface area contributed by atoms with Crippen molar-refractivity contribution in [2.24, 2.45) is 0 Å². The molecule has 0 saturated heterocycles. The molecule has 0 bridgehead atoms. The van der Waals surface area contributed by atoms with E-state index in [2.05, 4.69) is 10.3 Å². The molecule has 1 aromatic heterocycles. The highest BCUT2D eigenvalue weighted by Gasteiger charge is 2.22. The van der Waals surface area contributed by atoms with Gasteiger partial charge in [-0.15, -0.1) is 0 Å². The number of benzene rings is 3. The summed E-state index contributed by atoms with van der Waals surface area (Å²) in [5, 5.41) is 14.0. The number of anilines is 1. The van der Waals surface area contributed by atoms with Crippen molar-refractivity contribution in [3.63, 3.8) is 0 Å². The van der Waals surface area contributed by atoms with Crippen molar-refractivity contribution in [1.29, 1.82) is 0 Å².